The molecule has 3 aliphatic heterocycles. The molecule has 77 heavy (non-hydrogen) atoms. The van der Waals surface area contributed by atoms with Crippen molar-refractivity contribution in [1.29, 1.82) is 0 Å². The van der Waals surface area contributed by atoms with Gasteiger partial charge in [-0.25, -0.2) is 14.0 Å². The molecular formula is C51H53O26+. The van der Waals surface area contributed by atoms with Crippen molar-refractivity contribution < 1.29 is 128 Å². The number of aliphatic hydroxyl groups is 8. The van der Waals surface area contributed by atoms with Crippen LogP contribution >= 0.6 is 0 Å². The summed E-state index contributed by atoms with van der Waals surface area (Å²) in [5.41, 5.74) is 0.271. The number of esters is 2. The van der Waals surface area contributed by atoms with E-state index < -0.39 is 158 Å². The number of ether oxygens (including phenoxy) is 8. The van der Waals surface area contributed by atoms with Crippen LogP contribution in [0.25, 0.3) is 34.4 Å². The fourth-order valence-electron chi connectivity index (χ4n) is 8.37. The largest absolute Gasteiger partial charge is 0.508 e. The third kappa shape index (κ3) is 12.3. The van der Waals surface area contributed by atoms with Gasteiger partial charge in [-0.05, 0) is 54.5 Å². The van der Waals surface area contributed by atoms with Gasteiger partial charge in [0.25, 0.3) is 0 Å². The molecule has 26 heteroatoms. The van der Waals surface area contributed by atoms with Gasteiger partial charge in [-0.1, -0.05) is 18.2 Å². The van der Waals surface area contributed by atoms with Crippen molar-refractivity contribution in [3.8, 4) is 63.1 Å². The van der Waals surface area contributed by atoms with E-state index >= 15 is 0 Å². The summed E-state index contributed by atoms with van der Waals surface area (Å²) in [4.78, 5) is 25.8. The molecule has 0 unspecified atom stereocenters. The number of fused-ring (bicyclic) bond motifs is 1. The van der Waals surface area contributed by atoms with Gasteiger partial charge in [-0.2, -0.15) is 0 Å². The molecule has 4 heterocycles. The van der Waals surface area contributed by atoms with Gasteiger partial charge < -0.3 is 114 Å². The smallest absolute Gasteiger partial charge is 0.402 e. The number of carbonyl (C=O) groups is 2. The van der Waals surface area contributed by atoms with Crippen LogP contribution in [-0.4, -0.2) is 194 Å². The fourth-order valence-corrected chi connectivity index (χ4v) is 8.37. The number of carbonyl (C=O) groups excluding carboxylic acids is 2. The lowest BCUT2D eigenvalue weighted by atomic mass is 9.98. The molecule has 0 bridgehead atoms. The summed E-state index contributed by atoms with van der Waals surface area (Å²) in [7, 11) is 0. The molecular weight excluding hydrogens is 1030 g/mol. The zero-order chi connectivity index (χ0) is 55.6. The summed E-state index contributed by atoms with van der Waals surface area (Å²) in [6, 6.07) is 14.5. The van der Waals surface area contributed by atoms with Gasteiger partial charge in [0, 0.05) is 36.4 Å². The molecule has 0 radical (unpaired) electrons. The van der Waals surface area contributed by atoms with Gasteiger partial charge in [0.05, 0.1) is 30.9 Å². The average Bonchev–Trinajstić information content (AvgIpc) is 3.41. The Balaban J connectivity index is 1.04. The van der Waals surface area contributed by atoms with Crippen molar-refractivity contribution in [2.24, 2.45) is 0 Å². The van der Waals surface area contributed by atoms with E-state index in [0.29, 0.717) is 11.1 Å². The zero-order valence-corrected chi connectivity index (χ0v) is 40.0. The summed E-state index contributed by atoms with van der Waals surface area (Å²) in [5.74, 6) is -7.45. The van der Waals surface area contributed by atoms with E-state index in [4.69, 9.17) is 42.3 Å². The van der Waals surface area contributed by atoms with Crippen LogP contribution < -0.4 is 9.47 Å². The van der Waals surface area contributed by atoms with Crippen LogP contribution in [0.2, 0.25) is 0 Å². The lowest BCUT2D eigenvalue weighted by molar-refractivity contribution is -0.319. The maximum Gasteiger partial charge on any atom is 0.402 e. The van der Waals surface area contributed by atoms with Crippen molar-refractivity contribution in [1.82, 2.24) is 0 Å². The predicted octanol–water partition coefficient (Wildman–Crippen LogP) is 0.0579. The highest BCUT2D eigenvalue weighted by molar-refractivity contribution is 5.90. The topological polar surface area (TPSA) is 423 Å². The highest BCUT2D eigenvalue weighted by atomic mass is 16.7. The average molecular weight is 1080 g/mol. The number of aromatic hydroxyl groups is 7. The standard InChI is InChI=1S/C51H52O26/c1-20-46(76-36(59)11-6-22-4-9-27(55)28(56)12-22)43(66)45(68)49(70-20)69-19-35-40(63)41(64)44(67)50(75-35)73-33-17-26-31(71-47(33)23-13-29(57)38(61)30(58)14-23)15-25(54)16-32(26)72-51-48(42(65)39(62)34(18-52)74-51)77-37(60)10-5-21-2-7-24(53)8-3-21/h2-17,20,34-35,39-46,48-52,62-68H,18-19H2,1H3,(H6-,53,54,55,56,57,58,59,60,61)/p+1/t20-,34+,35+,39+,40+,41-,42-,43-,44+,45+,46-,48+,49+,50+,51+/m0/s1. The second-order valence-electron chi connectivity index (χ2n) is 17.9. The van der Waals surface area contributed by atoms with Crippen LogP contribution in [-0.2, 0) is 38.0 Å². The second kappa shape index (κ2) is 23.4. The minimum Gasteiger partial charge on any atom is -0.508 e. The number of benzene rings is 4. The van der Waals surface area contributed by atoms with E-state index in [9.17, 15) is 86.2 Å². The van der Waals surface area contributed by atoms with Crippen molar-refractivity contribution in [3.63, 3.8) is 0 Å². The number of hydrogen-bond acceptors (Lipinski definition) is 25. The van der Waals surface area contributed by atoms with Gasteiger partial charge in [0.15, 0.2) is 47.2 Å². The molecule has 3 aliphatic rings. The van der Waals surface area contributed by atoms with Crippen LogP contribution in [0.4, 0.5) is 0 Å². The van der Waals surface area contributed by atoms with E-state index in [1.165, 1.54) is 61.5 Å². The molecule has 26 nitrogen and oxygen atoms in total. The molecule has 3 saturated heterocycles. The number of phenols is 7. The third-order valence-corrected chi connectivity index (χ3v) is 12.5. The first-order chi connectivity index (χ1) is 36.6. The van der Waals surface area contributed by atoms with E-state index in [2.05, 4.69) is 0 Å². The Morgan fingerprint density at radius 2 is 1.14 bits per heavy atom. The van der Waals surface area contributed by atoms with Crippen LogP contribution in [0.5, 0.6) is 51.7 Å². The van der Waals surface area contributed by atoms with Crippen molar-refractivity contribution in [2.45, 2.75) is 99.0 Å². The van der Waals surface area contributed by atoms with Crippen molar-refractivity contribution >= 4 is 35.1 Å². The maximum atomic E-state index is 13.1. The van der Waals surface area contributed by atoms with E-state index in [1.54, 1.807) is 0 Å². The Labute approximate surface area is 434 Å². The molecule has 0 spiro atoms. The molecule has 15 atom stereocenters. The number of hydrogen-bond donors (Lipinski definition) is 15. The highest BCUT2D eigenvalue weighted by Crippen LogP contribution is 2.46. The maximum absolute atomic E-state index is 13.1. The quantitative estimate of drug-likeness (QED) is 0.0285. The Kier molecular flexibility index (Phi) is 16.9. The molecule has 8 rings (SSSR count). The summed E-state index contributed by atoms with van der Waals surface area (Å²) in [6.07, 6.45) is -22.3. The van der Waals surface area contributed by atoms with Crippen LogP contribution in [0.15, 0.2) is 89.4 Å². The Morgan fingerprint density at radius 3 is 1.81 bits per heavy atom. The first kappa shape index (κ1) is 55.7. The summed E-state index contributed by atoms with van der Waals surface area (Å²) in [6.45, 7) is -0.239. The number of rotatable bonds is 15. The Bertz CT molecular complexity index is 2960. The normalized spacial score (nSPS) is 29.6. The molecule has 0 amide bonds. The highest BCUT2D eigenvalue weighted by Gasteiger charge is 2.50. The van der Waals surface area contributed by atoms with E-state index in [1.807, 2.05) is 0 Å². The van der Waals surface area contributed by atoms with Gasteiger partial charge in [-0.15, -0.1) is 0 Å². The number of aliphatic hydroxyl groups excluding tert-OH is 8. The molecule has 5 aromatic rings. The molecule has 1 aromatic heterocycles. The summed E-state index contributed by atoms with van der Waals surface area (Å²) in [5, 5.41) is 158. The SMILES string of the molecule is C[C@@H]1O[C@@H](OC[C@H]2O[C@@H](Oc3cc4c(O[C@@H]5O[C@H](CO)[C@@H](O)[C@H](O)[C@H]5OC(=O)C=Cc5ccc(O)cc5)cc(O)cc4[o+]c3-c3cc(O)c(O)c(O)c3)[C@H](O)[C@@H](O)[C@@H]2O)[C@H](O)[C@H](O)[C@H]1OC(=O)C=Cc1ccc(O)c(O)c1. The van der Waals surface area contributed by atoms with Crippen molar-refractivity contribution in [3.05, 3.63) is 96.1 Å². The monoisotopic (exact) mass is 1080 g/mol. The molecule has 15 N–H and O–H groups in total. The Hall–Kier alpha value is -7.57. The van der Waals surface area contributed by atoms with Crippen LogP contribution in [0.1, 0.15) is 18.1 Å². The molecule has 4 aromatic carbocycles. The third-order valence-electron chi connectivity index (χ3n) is 12.5. The van der Waals surface area contributed by atoms with Gasteiger partial charge in [-0.3, -0.25) is 0 Å². The minimum absolute atomic E-state index is 0.0385. The number of phenolic OH excluding ortho intramolecular Hbond substituents is 7. The Morgan fingerprint density at radius 1 is 0.558 bits per heavy atom. The minimum atomic E-state index is -2.10. The second-order valence-corrected chi connectivity index (χ2v) is 17.9. The molecule has 0 saturated carbocycles. The van der Waals surface area contributed by atoms with Crippen LogP contribution in [0, 0.1) is 0 Å². The van der Waals surface area contributed by atoms with E-state index in [0.717, 1.165) is 42.5 Å². The molecule has 3 fully saturated rings. The van der Waals surface area contributed by atoms with Gasteiger partial charge in [0.2, 0.25) is 18.3 Å². The fraction of sp³-hybridized carbons (Fsp3) is 0.353. The summed E-state index contributed by atoms with van der Waals surface area (Å²) < 4.78 is 52.1. The molecule has 0 aliphatic carbocycles. The van der Waals surface area contributed by atoms with Gasteiger partial charge in [0.1, 0.15) is 77.6 Å². The summed E-state index contributed by atoms with van der Waals surface area (Å²) >= 11 is 0. The lowest BCUT2D eigenvalue weighted by Gasteiger charge is -2.42. The van der Waals surface area contributed by atoms with Crippen molar-refractivity contribution in [2.75, 3.05) is 13.2 Å². The zero-order valence-electron chi connectivity index (χ0n) is 40.0. The van der Waals surface area contributed by atoms with Crippen LogP contribution in [0.3, 0.4) is 0 Å². The first-order valence-electron chi connectivity index (χ1n) is 23.4. The van der Waals surface area contributed by atoms with E-state index in [-0.39, 0.29) is 33.8 Å². The predicted molar refractivity (Wildman–Crippen MR) is 256 cm³/mol. The van der Waals surface area contributed by atoms with Gasteiger partial charge >= 0.3 is 23.3 Å². The molecule has 412 valence electrons. The first-order valence-corrected chi connectivity index (χ1v) is 23.4. The lowest BCUT2D eigenvalue weighted by Crippen LogP contribution is -2.62.